The maximum absolute atomic E-state index is 13.1. The molecule has 1 saturated heterocycles. The van der Waals surface area contributed by atoms with E-state index in [1.165, 1.54) is 12.1 Å². The van der Waals surface area contributed by atoms with E-state index in [0.29, 0.717) is 54.0 Å². The van der Waals surface area contributed by atoms with Gasteiger partial charge in [0.2, 0.25) is 5.95 Å². The number of anilines is 3. The summed E-state index contributed by atoms with van der Waals surface area (Å²) in [7, 11) is 1.55. The average molecular weight is 553 g/mol. The second-order valence-corrected chi connectivity index (χ2v) is 9.32. The fourth-order valence-corrected chi connectivity index (χ4v) is 4.51. The Morgan fingerprint density at radius 2 is 1.80 bits per heavy atom. The number of nitrogens with zero attached hydrogens (tertiary/aromatic N) is 4. The summed E-state index contributed by atoms with van der Waals surface area (Å²) in [6.45, 7) is 1.15. The Labute approximate surface area is 234 Å². The number of pyridine rings is 1. The molecular formula is C30H25FN6O4. The summed E-state index contributed by atoms with van der Waals surface area (Å²) in [5.74, 6) is 0.378. The summed E-state index contributed by atoms with van der Waals surface area (Å²) < 4.78 is 25.3. The third-order valence-electron chi connectivity index (χ3n) is 6.68. The Hall–Kier alpha value is -5.45. The quantitative estimate of drug-likeness (QED) is 0.273. The predicted octanol–water partition coefficient (Wildman–Crippen LogP) is 5.17. The maximum Gasteiger partial charge on any atom is 0.414 e. The number of hydrogen-bond donors (Lipinski definition) is 2. The van der Waals surface area contributed by atoms with Crippen molar-refractivity contribution < 1.29 is 23.5 Å². The first-order valence-electron chi connectivity index (χ1n) is 12.9. The minimum absolute atomic E-state index is 0.216. The molecule has 2 aromatic heterocycles. The molecule has 0 aliphatic carbocycles. The van der Waals surface area contributed by atoms with E-state index in [2.05, 4.69) is 20.7 Å². The number of halogens is 1. The van der Waals surface area contributed by atoms with Crippen LogP contribution in [0.4, 0.5) is 26.5 Å². The minimum Gasteiger partial charge on any atom is -0.494 e. The molecule has 0 atom stereocenters. The standard InChI is InChI=1S/C30H25FN6O4/c1-40-26-16-24(36-14-15-41-30(36)39)11-12-25(26)33-29-34-27-13-8-22(18-37(27)35-29)20-4-6-21(7-5-20)28(38)32-17-19-2-9-23(31)10-3-19/h2-13,16,18H,14-15,17H2,1H3,(H,32,38)(H,33,35). The molecule has 0 unspecified atom stereocenters. The molecule has 3 heterocycles. The van der Waals surface area contributed by atoms with E-state index in [4.69, 9.17) is 9.47 Å². The summed E-state index contributed by atoms with van der Waals surface area (Å²) >= 11 is 0. The number of carbonyl (C=O) groups is 2. The molecule has 206 valence electrons. The van der Waals surface area contributed by atoms with Crippen molar-refractivity contribution in [3.63, 3.8) is 0 Å². The van der Waals surface area contributed by atoms with Gasteiger partial charge in [-0.3, -0.25) is 9.69 Å². The summed E-state index contributed by atoms with van der Waals surface area (Å²) in [6.07, 6.45) is 1.47. The van der Waals surface area contributed by atoms with Crippen LogP contribution in [-0.4, -0.2) is 46.9 Å². The van der Waals surface area contributed by atoms with Crippen LogP contribution in [0.15, 0.2) is 85.1 Å². The van der Waals surface area contributed by atoms with Crippen molar-refractivity contribution in [1.29, 1.82) is 0 Å². The molecule has 0 saturated carbocycles. The van der Waals surface area contributed by atoms with Crippen LogP contribution >= 0.6 is 0 Å². The number of benzene rings is 3. The van der Waals surface area contributed by atoms with Crippen molar-refractivity contribution in [2.45, 2.75) is 6.54 Å². The van der Waals surface area contributed by atoms with Crippen molar-refractivity contribution in [2.75, 3.05) is 30.5 Å². The monoisotopic (exact) mass is 552 g/mol. The van der Waals surface area contributed by atoms with E-state index in [1.54, 1.807) is 59.0 Å². The topological polar surface area (TPSA) is 110 Å². The van der Waals surface area contributed by atoms with Gasteiger partial charge in [-0.25, -0.2) is 13.7 Å². The maximum atomic E-state index is 13.1. The van der Waals surface area contributed by atoms with Gasteiger partial charge in [-0.15, -0.1) is 5.10 Å². The third kappa shape index (κ3) is 5.50. The summed E-state index contributed by atoms with van der Waals surface area (Å²) in [5, 5.41) is 10.6. The Balaban J connectivity index is 1.15. The van der Waals surface area contributed by atoms with Crippen LogP contribution in [0, 0.1) is 5.82 Å². The molecule has 2 N–H and O–H groups in total. The van der Waals surface area contributed by atoms with Crippen LogP contribution in [0.2, 0.25) is 0 Å². The molecule has 0 bridgehead atoms. The first-order valence-corrected chi connectivity index (χ1v) is 12.9. The second-order valence-electron chi connectivity index (χ2n) is 9.32. The van der Waals surface area contributed by atoms with E-state index in [-0.39, 0.29) is 17.8 Å². The SMILES string of the molecule is COc1cc(N2CCOC2=O)ccc1Nc1nc2ccc(-c3ccc(C(=O)NCc4ccc(F)cc4)cc3)cn2n1. The number of aromatic nitrogens is 3. The molecule has 6 rings (SSSR count). The largest absolute Gasteiger partial charge is 0.494 e. The number of cyclic esters (lactones) is 1. The van der Waals surface area contributed by atoms with E-state index in [0.717, 1.165) is 16.7 Å². The molecule has 1 aliphatic heterocycles. The molecule has 0 spiro atoms. The van der Waals surface area contributed by atoms with Crippen molar-refractivity contribution >= 4 is 35.0 Å². The van der Waals surface area contributed by atoms with E-state index in [1.807, 2.05) is 30.5 Å². The molecule has 2 amide bonds. The molecule has 1 aliphatic rings. The normalized spacial score (nSPS) is 12.8. The molecule has 3 aromatic carbocycles. The zero-order valence-corrected chi connectivity index (χ0v) is 22.0. The number of rotatable bonds is 8. The molecular weight excluding hydrogens is 527 g/mol. The van der Waals surface area contributed by atoms with Crippen molar-refractivity contribution in [3.05, 3.63) is 102 Å². The van der Waals surface area contributed by atoms with Gasteiger partial charge in [-0.2, -0.15) is 4.98 Å². The summed E-state index contributed by atoms with van der Waals surface area (Å²) in [5.41, 5.74) is 5.10. The van der Waals surface area contributed by atoms with Gasteiger partial charge in [0.15, 0.2) is 5.65 Å². The number of methoxy groups -OCH3 is 1. The lowest BCUT2D eigenvalue weighted by molar-refractivity contribution is 0.0951. The van der Waals surface area contributed by atoms with Crippen LogP contribution in [0.3, 0.4) is 0 Å². The van der Waals surface area contributed by atoms with E-state index < -0.39 is 0 Å². The Kier molecular flexibility index (Phi) is 6.90. The van der Waals surface area contributed by atoms with Gasteiger partial charge < -0.3 is 20.1 Å². The highest BCUT2D eigenvalue weighted by Gasteiger charge is 2.24. The lowest BCUT2D eigenvalue weighted by atomic mass is 10.1. The number of nitrogens with one attached hydrogen (secondary N) is 2. The first-order chi connectivity index (χ1) is 20.0. The van der Waals surface area contributed by atoms with Crippen molar-refractivity contribution in [2.24, 2.45) is 0 Å². The Morgan fingerprint density at radius 1 is 1.02 bits per heavy atom. The lowest BCUT2D eigenvalue weighted by Crippen LogP contribution is -2.23. The Morgan fingerprint density at radius 3 is 2.54 bits per heavy atom. The number of ether oxygens (including phenoxy) is 2. The Bertz CT molecular complexity index is 1740. The molecule has 41 heavy (non-hydrogen) atoms. The van der Waals surface area contributed by atoms with E-state index in [9.17, 15) is 14.0 Å². The highest BCUT2D eigenvalue weighted by atomic mass is 19.1. The van der Waals surface area contributed by atoms with Gasteiger partial charge in [0.05, 0.1) is 25.0 Å². The van der Waals surface area contributed by atoms with Crippen LogP contribution < -0.4 is 20.3 Å². The molecule has 0 radical (unpaired) electrons. The molecule has 5 aromatic rings. The van der Waals surface area contributed by atoms with Gasteiger partial charge in [0.25, 0.3) is 5.91 Å². The predicted molar refractivity (Wildman–Crippen MR) is 151 cm³/mol. The smallest absolute Gasteiger partial charge is 0.414 e. The molecule has 1 fully saturated rings. The lowest BCUT2D eigenvalue weighted by Gasteiger charge is -2.16. The van der Waals surface area contributed by atoms with Gasteiger partial charge in [0, 0.05) is 29.9 Å². The first kappa shape index (κ1) is 25.8. The third-order valence-corrected chi connectivity index (χ3v) is 6.68. The second kappa shape index (κ2) is 11.0. The number of carbonyl (C=O) groups excluding carboxylic acids is 2. The van der Waals surface area contributed by atoms with Crippen molar-refractivity contribution in [3.8, 4) is 16.9 Å². The highest BCUT2D eigenvalue weighted by Crippen LogP contribution is 2.32. The fraction of sp³-hybridized carbons (Fsp3) is 0.133. The van der Waals surface area contributed by atoms with E-state index >= 15 is 0 Å². The number of hydrogen-bond acceptors (Lipinski definition) is 7. The van der Waals surface area contributed by atoms with Crippen LogP contribution in [0.1, 0.15) is 15.9 Å². The van der Waals surface area contributed by atoms with Crippen molar-refractivity contribution in [1.82, 2.24) is 19.9 Å². The fourth-order valence-electron chi connectivity index (χ4n) is 4.51. The zero-order chi connectivity index (χ0) is 28.3. The molecule has 10 nitrogen and oxygen atoms in total. The minimum atomic E-state index is -0.384. The summed E-state index contributed by atoms with van der Waals surface area (Å²) in [4.78, 5) is 30.6. The van der Waals surface area contributed by atoms with Gasteiger partial charge in [-0.1, -0.05) is 24.3 Å². The van der Waals surface area contributed by atoms with Gasteiger partial charge in [0.1, 0.15) is 18.2 Å². The average Bonchev–Trinajstić information content (AvgIpc) is 3.62. The van der Waals surface area contributed by atoms with Gasteiger partial charge >= 0.3 is 6.09 Å². The number of amides is 2. The van der Waals surface area contributed by atoms with Crippen LogP contribution in [0.25, 0.3) is 16.8 Å². The van der Waals surface area contributed by atoms with Crippen LogP contribution in [0.5, 0.6) is 5.75 Å². The highest BCUT2D eigenvalue weighted by molar-refractivity contribution is 5.94. The van der Waals surface area contributed by atoms with Gasteiger partial charge in [-0.05, 0) is 59.7 Å². The number of fused-ring (bicyclic) bond motifs is 1. The van der Waals surface area contributed by atoms with Crippen LogP contribution in [-0.2, 0) is 11.3 Å². The summed E-state index contributed by atoms with van der Waals surface area (Å²) in [6, 6.07) is 22.4. The molecule has 11 heteroatoms. The zero-order valence-electron chi connectivity index (χ0n) is 22.0.